The van der Waals surface area contributed by atoms with E-state index in [9.17, 15) is 14.0 Å². The molecule has 0 aliphatic carbocycles. The quantitative estimate of drug-likeness (QED) is 0.735. The van der Waals surface area contributed by atoms with Crippen molar-refractivity contribution in [1.29, 1.82) is 0 Å². The molecule has 0 spiro atoms. The Kier molecular flexibility index (Phi) is 2.45. The van der Waals surface area contributed by atoms with Gasteiger partial charge in [-0.15, -0.1) is 0 Å². The van der Waals surface area contributed by atoms with Crippen molar-refractivity contribution >= 4 is 17.5 Å². The Morgan fingerprint density at radius 3 is 2.42 bits per heavy atom. The summed E-state index contributed by atoms with van der Waals surface area (Å²) in [6.07, 6.45) is 0. The van der Waals surface area contributed by atoms with Crippen LogP contribution >= 0.6 is 0 Å². The number of hydrogen-bond donors (Lipinski definition) is 0. The first-order chi connectivity index (χ1) is 9.08. The van der Waals surface area contributed by atoms with E-state index in [0.29, 0.717) is 5.69 Å². The van der Waals surface area contributed by atoms with Gasteiger partial charge in [-0.2, -0.15) is 0 Å². The third-order valence-electron chi connectivity index (χ3n) is 3.11. The molecule has 1 heterocycles. The Labute approximate surface area is 109 Å². The second kappa shape index (κ2) is 4.02. The molecule has 2 amide bonds. The van der Waals surface area contributed by atoms with Crippen molar-refractivity contribution in [3.05, 3.63) is 65.0 Å². The first kappa shape index (κ1) is 11.6. The molecule has 2 aromatic rings. The van der Waals surface area contributed by atoms with Crippen molar-refractivity contribution < 1.29 is 14.0 Å². The first-order valence-electron chi connectivity index (χ1n) is 5.83. The number of carbonyl (C=O) groups excluding carboxylic acids is 2. The number of fused-ring (bicyclic) bond motifs is 1. The van der Waals surface area contributed by atoms with Gasteiger partial charge < -0.3 is 0 Å². The van der Waals surface area contributed by atoms with Crippen LogP contribution in [0.1, 0.15) is 26.3 Å². The standard InChI is InChI=1S/C15H10FNO2/c1-9-3-2-4-11(7-9)17-14(18)12-6-5-10(16)8-13(12)15(17)19/h2-8H,1H3. The highest BCUT2D eigenvalue weighted by molar-refractivity contribution is 6.34. The van der Waals surface area contributed by atoms with Crippen LogP contribution in [0.4, 0.5) is 10.1 Å². The van der Waals surface area contributed by atoms with Crippen molar-refractivity contribution in [2.24, 2.45) is 0 Å². The Balaban J connectivity index is 2.13. The maximum atomic E-state index is 13.2. The monoisotopic (exact) mass is 255 g/mol. The van der Waals surface area contributed by atoms with E-state index in [0.717, 1.165) is 16.5 Å². The first-order valence-corrected chi connectivity index (χ1v) is 5.83. The minimum absolute atomic E-state index is 0.117. The Morgan fingerprint density at radius 2 is 1.68 bits per heavy atom. The van der Waals surface area contributed by atoms with Crippen LogP contribution in [0.25, 0.3) is 0 Å². The van der Waals surface area contributed by atoms with Gasteiger partial charge in [-0.25, -0.2) is 9.29 Å². The molecular formula is C15H10FNO2. The van der Waals surface area contributed by atoms with Gasteiger partial charge in [0.15, 0.2) is 0 Å². The molecular weight excluding hydrogens is 245 g/mol. The van der Waals surface area contributed by atoms with Gasteiger partial charge >= 0.3 is 0 Å². The average molecular weight is 255 g/mol. The Morgan fingerprint density at radius 1 is 0.947 bits per heavy atom. The number of imide groups is 1. The highest BCUT2D eigenvalue weighted by Gasteiger charge is 2.36. The van der Waals surface area contributed by atoms with Crippen LogP contribution < -0.4 is 4.90 Å². The molecule has 0 saturated carbocycles. The lowest BCUT2D eigenvalue weighted by Gasteiger charge is -2.14. The van der Waals surface area contributed by atoms with Gasteiger partial charge in [-0.1, -0.05) is 12.1 Å². The summed E-state index contributed by atoms with van der Waals surface area (Å²) >= 11 is 0. The van der Waals surface area contributed by atoms with Crippen molar-refractivity contribution in [3.63, 3.8) is 0 Å². The molecule has 0 saturated heterocycles. The van der Waals surface area contributed by atoms with E-state index in [1.165, 1.54) is 12.1 Å². The van der Waals surface area contributed by atoms with Gasteiger partial charge in [-0.3, -0.25) is 9.59 Å². The molecule has 2 aromatic carbocycles. The smallest absolute Gasteiger partial charge is 0.266 e. The number of carbonyl (C=O) groups is 2. The predicted molar refractivity (Wildman–Crippen MR) is 68.7 cm³/mol. The van der Waals surface area contributed by atoms with E-state index in [2.05, 4.69) is 0 Å². The number of nitrogens with zero attached hydrogens (tertiary/aromatic N) is 1. The molecule has 0 aromatic heterocycles. The SMILES string of the molecule is Cc1cccc(N2C(=O)c3ccc(F)cc3C2=O)c1. The molecule has 3 nitrogen and oxygen atoms in total. The van der Waals surface area contributed by atoms with E-state index in [4.69, 9.17) is 0 Å². The van der Waals surface area contributed by atoms with Crippen molar-refractivity contribution in [2.75, 3.05) is 4.90 Å². The van der Waals surface area contributed by atoms with Crippen molar-refractivity contribution in [2.45, 2.75) is 6.92 Å². The van der Waals surface area contributed by atoms with E-state index >= 15 is 0 Å². The van der Waals surface area contributed by atoms with Crippen LogP contribution in [0.15, 0.2) is 42.5 Å². The normalized spacial score (nSPS) is 13.9. The van der Waals surface area contributed by atoms with Gasteiger partial charge in [0.1, 0.15) is 5.82 Å². The number of halogens is 1. The Bertz CT molecular complexity index is 709. The molecule has 1 aliphatic rings. The zero-order chi connectivity index (χ0) is 13.6. The molecule has 3 rings (SSSR count). The molecule has 0 radical (unpaired) electrons. The lowest BCUT2D eigenvalue weighted by molar-refractivity contribution is 0.0926. The highest BCUT2D eigenvalue weighted by atomic mass is 19.1. The number of amides is 2. The lowest BCUT2D eigenvalue weighted by Crippen LogP contribution is -2.29. The fourth-order valence-electron chi connectivity index (χ4n) is 2.21. The fourth-order valence-corrected chi connectivity index (χ4v) is 2.21. The maximum Gasteiger partial charge on any atom is 0.266 e. The molecule has 0 bridgehead atoms. The maximum absolute atomic E-state index is 13.2. The minimum atomic E-state index is -0.522. The third-order valence-corrected chi connectivity index (χ3v) is 3.11. The van der Waals surface area contributed by atoms with Gasteiger partial charge in [0.2, 0.25) is 0 Å². The fraction of sp³-hybridized carbons (Fsp3) is 0.0667. The summed E-state index contributed by atoms with van der Waals surface area (Å²) in [5, 5.41) is 0. The summed E-state index contributed by atoms with van der Waals surface area (Å²) in [5.74, 6) is -1.42. The summed E-state index contributed by atoms with van der Waals surface area (Å²) in [6, 6.07) is 10.7. The molecule has 0 atom stereocenters. The third kappa shape index (κ3) is 1.73. The van der Waals surface area contributed by atoms with E-state index in [1.54, 1.807) is 18.2 Å². The number of rotatable bonds is 1. The van der Waals surface area contributed by atoms with Crippen LogP contribution in [-0.4, -0.2) is 11.8 Å². The van der Waals surface area contributed by atoms with E-state index in [-0.39, 0.29) is 11.1 Å². The number of benzene rings is 2. The van der Waals surface area contributed by atoms with Crippen LogP contribution in [0.2, 0.25) is 0 Å². The molecule has 19 heavy (non-hydrogen) atoms. The summed E-state index contributed by atoms with van der Waals surface area (Å²) in [4.78, 5) is 25.5. The molecule has 4 heteroatoms. The van der Waals surface area contributed by atoms with Crippen molar-refractivity contribution in [1.82, 2.24) is 0 Å². The zero-order valence-corrected chi connectivity index (χ0v) is 10.2. The second-order valence-electron chi connectivity index (χ2n) is 4.47. The van der Waals surface area contributed by atoms with Crippen LogP contribution in [0, 0.1) is 12.7 Å². The van der Waals surface area contributed by atoms with E-state index < -0.39 is 17.6 Å². The number of anilines is 1. The van der Waals surface area contributed by atoms with Crippen LogP contribution in [0.3, 0.4) is 0 Å². The zero-order valence-electron chi connectivity index (χ0n) is 10.2. The van der Waals surface area contributed by atoms with Gasteiger partial charge in [0.05, 0.1) is 16.8 Å². The minimum Gasteiger partial charge on any atom is -0.268 e. The predicted octanol–water partition coefficient (Wildman–Crippen LogP) is 2.93. The molecule has 0 unspecified atom stereocenters. The van der Waals surface area contributed by atoms with Gasteiger partial charge in [0.25, 0.3) is 11.8 Å². The average Bonchev–Trinajstić information content (AvgIpc) is 2.61. The number of aryl methyl sites for hydroxylation is 1. The largest absolute Gasteiger partial charge is 0.268 e. The Hall–Kier alpha value is -2.49. The highest BCUT2D eigenvalue weighted by Crippen LogP contribution is 2.29. The summed E-state index contributed by atoms with van der Waals surface area (Å²) < 4.78 is 13.2. The van der Waals surface area contributed by atoms with Crippen LogP contribution in [0.5, 0.6) is 0 Å². The second-order valence-corrected chi connectivity index (χ2v) is 4.47. The van der Waals surface area contributed by atoms with E-state index in [1.807, 2.05) is 13.0 Å². The van der Waals surface area contributed by atoms with Crippen molar-refractivity contribution in [3.8, 4) is 0 Å². The molecule has 94 valence electrons. The number of hydrogen-bond acceptors (Lipinski definition) is 2. The van der Waals surface area contributed by atoms with Gasteiger partial charge in [-0.05, 0) is 42.8 Å². The summed E-state index contributed by atoms with van der Waals surface area (Å²) in [7, 11) is 0. The molecule has 0 N–H and O–H groups in total. The lowest BCUT2D eigenvalue weighted by atomic mass is 10.1. The van der Waals surface area contributed by atoms with Crippen LogP contribution in [-0.2, 0) is 0 Å². The molecule has 1 aliphatic heterocycles. The topological polar surface area (TPSA) is 37.4 Å². The summed E-state index contributed by atoms with van der Waals surface area (Å²) in [6.45, 7) is 1.88. The summed E-state index contributed by atoms with van der Waals surface area (Å²) in [5.41, 5.74) is 1.81. The van der Waals surface area contributed by atoms with Gasteiger partial charge in [0, 0.05) is 0 Å². The molecule has 0 fully saturated rings.